The maximum atomic E-state index is 13.1. The third-order valence-electron chi connectivity index (χ3n) is 4.77. The molecule has 2 amide bonds. The summed E-state index contributed by atoms with van der Waals surface area (Å²) in [4.78, 5) is 41.8. The van der Waals surface area contributed by atoms with Crippen LogP contribution in [0.5, 0.6) is 0 Å². The number of carbonyl (C=O) groups excluding carboxylic acids is 3. The lowest BCUT2D eigenvalue weighted by atomic mass is 10.1. The molecule has 8 nitrogen and oxygen atoms in total. The molecule has 0 fully saturated rings. The highest BCUT2D eigenvalue weighted by molar-refractivity contribution is 6.10. The fraction of sp³-hybridized carbons (Fsp3) is 0.143. The molecule has 1 aliphatic rings. The Morgan fingerprint density at radius 3 is 2.55 bits per heavy atom. The number of nitrogens with one attached hydrogen (secondary N) is 1. The van der Waals surface area contributed by atoms with E-state index in [9.17, 15) is 31.9 Å². The van der Waals surface area contributed by atoms with E-state index in [0.29, 0.717) is 5.69 Å². The molecule has 0 bridgehead atoms. The Morgan fingerprint density at radius 2 is 1.85 bits per heavy atom. The summed E-state index contributed by atoms with van der Waals surface area (Å²) >= 11 is 0. The molecule has 12 heteroatoms. The number of halogens is 4. The predicted octanol–water partition coefficient (Wildman–Crippen LogP) is 3.17. The highest BCUT2D eigenvalue weighted by Gasteiger charge is 2.34. The zero-order valence-electron chi connectivity index (χ0n) is 16.6. The van der Waals surface area contributed by atoms with Gasteiger partial charge in [-0.3, -0.25) is 19.1 Å². The van der Waals surface area contributed by atoms with Crippen molar-refractivity contribution in [2.45, 2.75) is 6.18 Å². The standard InChI is InChI=1S/C21H14F4N4O4/c22-13-2-4-14(5-3-13)29-11-26-8-17(29)20(32)33-10-19(31)28-9-18(30)27-15-7-12(21(23,24)25)1-6-16(15)28/h1-8,11H,9-10H2,(H,27,30). The molecule has 2 aromatic carbocycles. The molecule has 0 spiro atoms. The van der Waals surface area contributed by atoms with Crippen LogP contribution in [-0.4, -0.2) is 40.5 Å². The summed E-state index contributed by atoms with van der Waals surface area (Å²) in [5.74, 6) is -2.90. The maximum Gasteiger partial charge on any atom is 0.416 e. The number of benzene rings is 2. The first-order valence-electron chi connectivity index (χ1n) is 9.40. The number of nitrogens with zero attached hydrogens (tertiary/aromatic N) is 3. The highest BCUT2D eigenvalue weighted by atomic mass is 19.4. The van der Waals surface area contributed by atoms with Crippen LogP contribution in [0.25, 0.3) is 5.69 Å². The Balaban J connectivity index is 1.49. The van der Waals surface area contributed by atoms with Gasteiger partial charge in [0.25, 0.3) is 5.91 Å². The summed E-state index contributed by atoms with van der Waals surface area (Å²) in [5.41, 5.74) is -0.748. The minimum atomic E-state index is -4.63. The summed E-state index contributed by atoms with van der Waals surface area (Å²) in [6, 6.07) is 7.77. The van der Waals surface area contributed by atoms with Gasteiger partial charge in [-0.25, -0.2) is 14.2 Å². The van der Waals surface area contributed by atoms with E-state index in [1.165, 1.54) is 41.4 Å². The van der Waals surface area contributed by atoms with Gasteiger partial charge < -0.3 is 10.1 Å². The normalized spacial score (nSPS) is 13.3. The Labute approximate surface area is 183 Å². The van der Waals surface area contributed by atoms with Crippen molar-refractivity contribution in [1.29, 1.82) is 0 Å². The fourth-order valence-electron chi connectivity index (χ4n) is 3.22. The molecule has 4 rings (SSSR count). The molecule has 0 radical (unpaired) electrons. The van der Waals surface area contributed by atoms with Crippen molar-refractivity contribution < 1.29 is 36.7 Å². The number of hydrogen-bond donors (Lipinski definition) is 1. The number of anilines is 2. The number of hydrogen-bond acceptors (Lipinski definition) is 5. The monoisotopic (exact) mass is 462 g/mol. The van der Waals surface area contributed by atoms with Crippen molar-refractivity contribution in [2.24, 2.45) is 0 Å². The van der Waals surface area contributed by atoms with Crippen LogP contribution in [-0.2, 0) is 20.5 Å². The Hall–Kier alpha value is -4.22. The number of imidazole rings is 1. The molecule has 33 heavy (non-hydrogen) atoms. The van der Waals surface area contributed by atoms with E-state index >= 15 is 0 Å². The van der Waals surface area contributed by atoms with Crippen LogP contribution in [0.15, 0.2) is 55.0 Å². The summed E-state index contributed by atoms with van der Waals surface area (Å²) in [6.45, 7) is -1.23. The van der Waals surface area contributed by atoms with E-state index < -0.39 is 48.5 Å². The van der Waals surface area contributed by atoms with Gasteiger partial charge in [-0.2, -0.15) is 13.2 Å². The number of ether oxygens (including phenoxy) is 1. The van der Waals surface area contributed by atoms with Gasteiger partial charge in [0.15, 0.2) is 12.3 Å². The van der Waals surface area contributed by atoms with Crippen LogP contribution in [0.4, 0.5) is 28.9 Å². The minimum Gasteiger partial charge on any atom is -0.451 e. The van der Waals surface area contributed by atoms with Gasteiger partial charge in [0, 0.05) is 5.69 Å². The van der Waals surface area contributed by atoms with Crippen LogP contribution in [0.2, 0.25) is 0 Å². The zero-order valence-corrected chi connectivity index (χ0v) is 16.6. The molecular weight excluding hydrogens is 448 g/mol. The van der Waals surface area contributed by atoms with Crippen molar-refractivity contribution >= 4 is 29.2 Å². The average molecular weight is 462 g/mol. The molecule has 0 saturated carbocycles. The number of fused-ring (bicyclic) bond motifs is 1. The average Bonchev–Trinajstić information content (AvgIpc) is 3.26. The van der Waals surface area contributed by atoms with Gasteiger partial charge >= 0.3 is 12.1 Å². The van der Waals surface area contributed by atoms with Crippen LogP contribution in [0, 0.1) is 5.82 Å². The second-order valence-electron chi connectivity index (χ2n) is 6.96. The second kappa shape index (κ2) is 8.37. The summed E-state index contributed by atoms with van der Waals surface area (Å²) in [6.07, 6.45) is -2.14. The van der Waals surface area contributed by atoms with Crippen LogP contribution in [0.3, 0.4) is 0 Å². The summed E-state index contributed by atoms with van der Waals surface area (Å²) in [5, 5.41) is 2.30. The highest BCUT2D eigenvalue weighted by Crippen LogP contribution is 2.37. The molecule has 0 aliphatic carbocycles. The van der Waals surface area contributed by atoms with Gasteiger partial charge in [0.1, 0.15) is 12.4 Å². The summed E-state index contributed by atoms with van der Waals surface area (Å²) < 4.78 is 58.4. The van der Waals surface area contributed by atoms with Gasteiger partial charge in [-0.05, 0) is 42.5 Å². The van der Waals surface area contributed by atoms with E-state index in [1.54, 1.807) is 0 Å². The lowest BCUT2D eigenvalue weighted by Gasteiger charge is -2.29. The van der Waals surface area contributed by atoms with E-state index in [-0.39, 0.29) is 17.1 Å². The summed E-state index contributed by atoms with van der Waals surface area (Å²) in [7, 11) is 0. The smallest absolute Gasteiger partial charge is 0.416 e. The van der Waals surface area contributed by atoms with E-state index in [1.807, 2.05) is 0 Å². The van der Waals surface area contributed by atoms with E-state index in [2.05, 4.69) is 10.3 Å². The number of carbonyl (C=O) groups is 3. The van der Waals surface area contributed by atoms with Crippen LogP contribution >= 0.6 is 0 Å². The number of esters is 1. The topological polar surface area (TPSA) is 93.5 Å². The fourth-order valence-corrected chi connectivity index (χ4v) is 3.22. The van der Waals surface area contributed by atoms with E-state index in [4.69, 9.17) is 4.74 Å². The van der Waals surface area contributed by atoms with Crippen LogP contribution < -0.4 is 10.2 Å². The van der Waals surface area contributed by atoms with E-state index in [0.717, 1.165) is 23.1 Å². The third kappa shape index (κ3) is 4.54. The van der Waals surface area contributed by atoms with Gasteiger partial charge in [0.05, 0.1) is 29.5 Å². The molecular formula is C21H14F4N4O4. The molecule has 3 aromatic rings. The maximum absolute atomic E-state index is 13.1. The number of rotatable bonds is 4. The minimum absolute atomic E-state index is 0.0407. The first-order valence-corrected chi connectivity index (χ1v) is 9.40. The molecule has 1 aliphatic heterocycles. The van der Waals surface area contributed by atoms with Gasteiger partial charge in [-0.15, -0.1) is 0 Å². The number of amides is 2. The Bertz CT molecular complexity index is 1240. The predicted molar refractivity (Wildman–Crippen MR) is 106 cm³/mol. The van der Waals surface area contributed by atoms with Crippen molar-refractivity contribution in [1.82, 2.24) is 9.55 Å². The molecule has 0 unspecified atom stereocenters. The third-order valence-corrected chi connectivity index (χ3v) is 4.77. The Kier molecular flexibility index (Phi) is 5.58. The molecule has 1 N–H and O–H groups in total. The first kappa shape index (κ1) is 22.0. The quantitative estimate of drug-likeness (QED) is 0.475. The molecule has 170 valence electrons. The van der Waals surface area contributed by atoms with Crippen molar-refractivity contribution in [3.05, 3.63) is 72.1 Å². The molecule has 0 atom stereocenters. The van der Waals surface area contributed by atoms with Gasteiger partial charge in [0.2, 0.25) is 5.91 Å². The van der Waals surface area contributed by atoms with Crippen molar-refractivity contribution in [3.63, 3.8) is 0 Å². The first-order chi connectivity index (χ1) is 15.6. The SMILES string of the molecule is O=C1CN(C(=O)COC(=O)c2cncn2-c2ccc(F)cc2)c2ccc(C(F)(F)F)cc2N1. The Morgan fingerprint density at radius 1 is 1.12 bits per heavy atom. The number of aromatic nitrogens is 2. The van der Waals surface area contributed by atoms with Crippen molar-refractivity contribution in [2.75, 3.05) is 23.4 Å². The number of alkyl halides is 3. The van der Waals surface area contributed by atoms with Crippen molar-refractivity contribution in [3.8, 4) is 5.69 Å². The lowest BCUT2D eigenvalue weighted by Crippen LogP contribution is -2.44. The molecule has 1 aromatic heterocycles. The largest absolute Gasteiger partial charge is 0.451 e. The lowest BCUT2D eigenvalue weighted by molar-refractivity contribution is -0.137. The zero-order chi connectivity index (χ0) is 23.8. The molecule has 0 saturated heterocycles. The molecule has 2 heterocycles. The van der Waals surface area contributed by atoms with Gasteiger partial charge in [-0.1, -0.05) is 0 Å². The second-order valence-corrected chi connectivity index (χ2v) is 6.96. The van der Waals surface area contributed by atoms with Crippen LogP contribution in [0.1, 0.15) is 16.1 Å².